The van der Waals surface area contributed by atoms with E-state index in [9.17, 15) is 9.18 Å². The number of nitrogens with zero attached hydrogens (tertiary/aromatic N) is 5. The van der Waals surface area contributed by atoms with Crippen LogP contribution < -0.4 is 9.80 Å². The van der Waals surface area contributed by atoms with E-state index in [0.29, 0.717) is 13.1 Å². The summed E-state index contributed by atoms with van der Waals surface area (Å²) in [5.41, 5.74) is 1.93. The maximum absolute atomic E-state index is 13.2. The van der Waals surface area contributed by atoms with E-state index in [2.05, 4.69) is 14.8 Å². The lowest BCUT2D eigenvalue weighted by molar-refractivity contribution is -0.136. The number of benzene rings is 1. The van der Waals surface area contributed by atoms with Crippen LogP contribution in [0.15, 0.2) is 42.6 Å². The van der Waals surface area contributed by atoms with Gasteiger partial charge in [0.1, 0.15) is 16.2 Å². The molecular formula is C22H24FN5OS. The van der Waals surface area contributed by atoms with Crippen molar-refractivity contribution >= 4 is 38.4 Å². The number of aromatic nitrogens is 2. The number of rotatable bonds is 3. The minimum atomic E-state index is -0.224. The Morgan fingerprint density at radius 2 is 1.83 bits per heavy atom. The number of pyridine rings is 1. The summed E-state index contributed by atoms with van der Waals surface area (Å²) in [6.07, 6.45) is 3.71. The monoisotopic (exact) mass is 425 g/mol. The summed E-state index contributed by atoms with van der Waals surface area (Å²) in [5.74, 6) is 0.0344. The van der Waals surface area contributed by atoms with E-state index in [0.717, 1.165) is 60.2 Å². The lowest BCUT2D eigenvalue weighted by atomic mass is 9.96. The molecule has 0 N–H and O–H groups in total. The molecule has 3 aromatic rings. The summed E-state index contributed by atoms with van der Waals surface area (Å²) in [7, 11) is 0. The smallest absolute Gasteiger partial charge is 0.227 e. The van der Waals surface area contributed by atoms with E-state index in [1.807, 2.05) is 17.0 Å². The van der Waals surface area contributed by atoms with Crippen molar-refractivity contribution in [3.05, 3.63) is 48.4 Å². The number of amides is 1. The third-order valence-corrected chi connectivity index (χ3v) is 7.02. The molecule has 4 heterocycles. The molecule has 6 nitrogen and oxygen atoms in total. The highest BCUT2D eigenvalue weighted by Crippen LogP contribution is 2.31. The highest BCUT2D eigenvalue weighted by molar-refractivity contribution is 7.21. The van der Waals surface area contributed by atoms with Crippen molar-refractivity contribution in [3.8, 4) is 0 Å². The molecule has 8 heteroatoms. The number of fused-ring (bicyclic) bond motifs is 1. The zero-order valence-electron chi connectivity index (χ0n) is 16.7. The predicted octanol–water partition coefficient (Wildman–Crippen LogP) is 3.40. The lowest BCUT2D eigenvalue weighted by Crippen LogP contribution is -2.52. The molecule has 2 aliphatic rings. The number of carbonyl (C=O) groups is 1. The number of thiazole rings is 1. The average Bonchev–Trinajstić information content (AvgIpc) is 3.24. The van der Waals surface area contributed by atoms with Crippen molar-refractivity contribution in [1.29, 1.82) is 0 Å². The van der Waals surface area contributed by atoms with Crippen LogP contribution in [0.25, 0.3) is 10.3 Å². The van der Waals surface area contributed by atoms with Crippen LogP contribution in [0.3, 0.4) is 0 Å². The maximum Gasteiger partial charge on any atom is 0.227 e. The van der Waals surface area contributed by atoms with Crippen molar-refractivity contribution in [3.63, 3.8) is 0 Å². The first-order valence-electron chi connectivity index (χ1n) is 10.4. The normalized spacial score (nSPS) is 20.0. The molecule has 1 amide bonds. The van der Waals surface area contributed by atoms with Gasteiger partial charge in [-0.25, -0.2) is 14.4 Å². The Morgan fingerprint density at radius 3 is 2.60 bits per heavy atom. The van der Waals surface area contributed by atoms with Crippen molar-refractivity contribution < 1.29 is 9.18 Å². The van der Waals surface area contributed by atoms with Crippen LogP contribution in [0.4, 0.5) is 15.2 Å². The predicted molar refractivity (Wildman–Crippen MR) is 118 cm³/mol. The molecule has 1 atom stereocenters. The fourth-order valence-electron chi connectivity index (χ4n) is 4.34. The Labute approximate surface area is 178 Å². The quantitative estimate of drug-likeness (QED) is 0.644. The van der Waals surface area contributed by atoms with Gasteiger partial charge in [0.25, 0.3) is 0 Å². The molecule has 0 saturated carbocycles. The largest absolute Gasteiger partial charge is 0.368 e. The Hall–Kier alpha value is -2.74. The minimum absolute atomic E-state index is 0.0103. The van der Waals surface area contributed by atoms with Gasteiger partial charge in [-0.1, -0.05) is 11.3 Å². The minimum Gasteiger partial charge on any atom is -0.368 e. The molecule has 0 spiro atoms. The van der Waals surface area contributed by atoms with Gasteiger partial charge in [-0.2, -0.15) is 0 Å². The van der Waals surface area contributed by atoms with Crippen LogP contribution in [-0.4, -0.2) is 60.0 Å². The van der Waals surface area contributed by atoms with Crippen molar-refractivity contribution in [2.24, 2.45) is 5.92 Å². The van der Waals surface area contributed by atoms with Gasteiger partial charge in [0.2, 0.25) is 5.91 Å². The molecule has 1 aromatic carbocycles. The van der Waals surface area contributed by atoms with E-state index in [4.69, 9.17) is 4.98 Å². The van der Waals surface area contributed by atoms with Crippen molar-refractivity contribution in [2.75, 3.05) is 49.1 Å². The summed E-state index contributed by atoms with van der Waals surface area (Å²) in [6, 6.07) is 10.5. The van der Waals surface area contributed by atoms with E-state index in [1.165, 1.54) is 12.1 Å². The van der Waals surface area contributed by atoms with E-state index < -0.39 is 0 Å². The van der Waals surface area contributed by atoms with Crippen LogP contribution in [0.1, 0.15) is 12.8 Å². The zero-order valence-corrected chi connectivity index (χ0v) is 17.5. The van der Waals surface area contributed by atoms with Gasteiger partial charge in [-0.3, -0.25) is 4.79 Å². The third kappa shape index (κ3) is 3.84. The number of piperidine rings is 1. The number of hydrogen-bond donors (Lipinski definition) is 0. The van der Waals surface area contributed by atoms with Crippen LogP contribution in [0.5, 0.6) is 0 Å². The molecule has 2 aliphatic heterocycles. The first-order valence-corrected chi connectivity index (χ1v) is 11.2. The molecule has 0 radical (unpaired) electrons. The third-order valence-electron chi connectivity index (χ3n) is 5.98. The Bertz CT molecular complexity index is 998. The van der Waals surface area contributed by atoms with E-state index >= 15 is 0 Å². The van der Waals surface area contributed by atoms with Crippen molar-refractivity contribution in [2.45, 2.75) is 12.8 Å². The van der Waals surface area contributed by atoms with Gasteiger partial charge in [0.05, 0.1) is 5.92 Å². The molecule has 0 aliphatic carbocycles. The Kier molecular flexibility index (Phi) is 5.25. The second kappa shape index (κ2) is 8.18. The van der Waals surface area contributed by atoms with Gasteiger partial charge in [0, 0.05) is 51.2 Å². The van der Waals surface area contributed by atoms with Crippen LogP contribution >= 0.6 is 11.3 Å². The average molecular weight is 426 g/mol. The summed E-state index contributed by atoms with van der Waals surface area (Å²) in [6.45, 7) is 4.61. The van der Waals surface area contributed by atoms with E-state index in [1.54, 1.807) is 29.7 Å². The maximum atomic E-state index is 13.2. The molecule has 2 aromatic heterocycles. The second-order valence-corrected chi connectivity index (χ2v) is 8.85. The molecule has 5 rings (SSSR count). The number of carbonyl (C=O) groups excluding carboxylic acids is 1. The van der Waals surface area contributed by atoms with Gasteiger partial charge in [-0.15, -0.1) is 0 Å². The van der Waals surface area contributed by atoms with E-state index in [-0.39, 0.29) is 17.6 Å². The van der Waals surface area contributed by atoms with Gasteiger partial charge in [0.15, 0.2) is 5.13 Å². The molecular weight excluding hydrogens is 401 g/mol. The summed E-state index contributed by atoms with van der Waals surface area (Å²) >= 11 is 1.60. The Morgan fingerprint density at radius 1 is 1.03 bits per heavy atom. The lowest BCUT2D eigenvalue weighted by Gasteiger charge is -2.39. The second-order valence-electron chi connectivity index (χ2n) is 7.90. The molecule has 156 valence electrons. The first kappa shape index (κ1) is 19.2. The van der Waals surface area contributed by atoms with Crippen LogP contribution in [0, 0.1) is 11.7 Å². The molecule has 2 saturated heterocycles. The Balaban J connectivity index is 1.21. The summed E-state index contributed by atoms with van der Waals surface area (Å²) in [5, 5.41) is 0.960. The summed E-state index contributed by atoms with van der Waals surface area (Å²) in [4.78, 5) is 29.7. The number of halogens is 1. The number of anilines is 2. The van der Waals surface area contributed by atoms with Crippen LogP contribution in [-0.2, 0) is 4.79 Å². The fraction of sp³-hybridized carbons (Fsp3) is 0.409. The highest BCUT2D eigenvalue weighted by atomic mass is 32.1. The van der Waals surface area contributed by atoms with Crippen LogP contribution in [0.2, 0.25) is 0 Å². The zero-order chi connectivity index (χ0) is 20.5. The summed E-state index contributed by atoms with van der Waals surface area (Å²) < 4.78 is 13.2. The molecule has 2 fully saturated rings. The SMILES string of the molecule is O=C([C@H]1CCCN(c2nc3cccnc3s2)C1)N1CCN(c2ccc(F)cc2)CC1. The number of hydrogen-bond acceptors (Lipinski definition) is 6. The molecule has 0 bridgehead atoms. The fourth-order valence-corrected chi connectivity index (χ4v) is 5.28. The van der Waals surface area contributed by atoms with Gasteiger partial charge in [-0.05, 0) is 49.2 Å². The topological polar surface area (TPSA) is 52.6 Å². The standard InChI is InChI=1S/C22H24FN5OS/c23-17-5-7-18(8-6-17)26-11-13-27(14-12-26)21(29)16-3-2-10-28(15-16)22-25-19-4-1-9-24-20(19)30-22/h1,4-9,16H,2-3,10-15H2/t16-/m0/s1. The van der Waals surface area contributed by atoms with Crippen molar-refractivity contribution in [1.82, 2.24) is 14.9 Å². The molecule has 30 heavy (non-hydrogen) atoms. The van der Waals surface area contributed by atoms with Gasteiger partial charge < -0.3 is 14.7 Å². The van der Waals surface area contributed by atoms with Gasteiger partial charge >= 0.3 is 0 Å². The highest BCUT2D eigenvalue weighted by Gasteiger charge is 2.32. The molecule has 0 unspecified atom stereocenters. The first-order chi connectivity index (χ1) is 14.7. The number of piperazine rings is 1.